The van der Waals surface area contributed by atoms with Gasteiger partial charge in [-0.1, -0.05) is 6.07 Å². The number of carbonyl (C=O) groups is 1. The van der Waals surface area contributed by atoms with Crippen LogP contribution in [0.5, 0.6) is 0 Å². The maximum atomic E-state index is 12.3. The van der Waals surface area contributed by atoms with Crippen LogP contribution in [0.3, 0.4) is 0 Å². The highest BCUT2D eigenvalue weighted by atomic mass is 79.9. The van der Waals surface area contributed by atoms with Crippen LogP contribution < -0.4 is 0 Å². The Labute approximate surface area is 116 Å². The first-order valence-corrected chi connectivity index (χ1v) is 6.95. The van der Waals surface area contributed by atoms with Gasteiger partial charge in [0.15, 0.2) is 0 Å². The molecule has 4 nitrogen and oxygen atoms in total. The molecule has 2 heterocycles. The molecule has 5 heteroatoms. The maximum Gasteiger partial charge on any atom is 0.272 e. The van der Waals surface area contributed by atoms with Crippen molar-refractivity contribution in [2.45, 2.75) is 18.9 Å². The van der Waals surface area contributed by atoms with Gasteiger partial charge < -0.3 is 9.80 Å². The van der Waals surface area contributed by atoms with E-state index in [0.717, 1.165) is 25.9 Å². The molecule has 18 heavy (non-hydrogen) atoms. The van der Waals surface area contributed by atoms with Crippen LogP contribution >= 0.6 is 15.9 Å². The average molecular weight is 312 g/mol. The summed E-state index contributed by atoms with van der Waals surface area (Å²) in [6, 6.07) is 6.03. The Morgan fingerprint density at radius 1 is 1.39 bits per heavy atom. The number of piperidine rings is 1. The molecule has 1 aliphatic rings. The fourth-order valence-corrected chi connectivity index (χ4v) is 2.62. The number of amides is 1. The standard InChI is InChI=1S/C13H18BrN3O/c1-16(2)10-6-8-17(9-7-10)13(18)11-4-3-5-12(14)15-11/h3-5,10H,6-9H2,1-2H3. The quantitative estimate of drug-likeness (QED) is 0.784. The third-order valence-electron chi connectivity index (χ3n) is 3.42. The van der Waals surface area contributed by atoms with Crippen LogP contribution in [0.25, 0.3) is 0 Å². The highest BCUT2D eigenvalue weighted by Crippen LogP contribution is 2.16. The Balaban J connectivity index is 1.99. The average Bonchev–Trinajstić information content (AvgIpc) is 2.38. The Hall–Kier alpha value is -0.940. The number of hydrogen-bond acceptors (Lipinski definition) is 3. The van der Waals surface area contributed by atoms with Crippen LogP contribution in [0.15, 0.2) is 22.8 Å². The van der Waals surface area contributed by atoms with Crippen molar-refractivity contribution < 1.29 is 4.79 Å². The summed E-state index contributed by atoms with van der Waals surface area (Å²) in [5.74, 6) is 0.0357. The smallest absolute Gasteiger partial charge is 0.272 e. The van der Waals surface area contributed by atoms with Crippen LogP contribution in [-0.4, -0.2) is 53.9 Å². The van der Waals surface area contributed by atoms with E-state index in [9.17, 15) is 4.79 Å². The Kier molecular flexibility index (Phi) is 4.35. The second-order valence-electron chi connectivity index (χ2n) is 4.83. The second kappa shape index (κ2) is 5.80. The molecule has 0 spiro atoms. The van der Waals surface area contributed by atoms with Crippen molar-refractivity contribution >= 4 is 21.8 Å². The predicted molar refractivity (Wildman–Crippen MR) is 74.5 cm³/mol. The van der Waals surface area contributed by atoms with Crippen molar-refractivity contribution in [3.8, 4) is 0 Å². The molecule has 0 N–H and O–H groups in total. The monoisotopic (exact) mass is 311 g/mol. The Morgan fingerprint density at radius 2 is 2.06 bits per heavy atom. The van der Waals surface area contributed by atoms with Gasteiger partial charge in [-0.25, -0.2) is 4.98 Å². The first-order chi connectivity index (χ1) is 8.58. The molecule has 1 saturated heterocycles. The first kappa shape index (κ1) is 13.5. The number of carbonyl (C=O) groups excluding carboxylic acids is 1. The van der Waals surface area contributed by atoms with Crippen molar-refractivity contribution in [3.05, 3.63) is 28.5 Å². The maximum absolute atomic E-state index is 12.3. The van der Waals surface area contributed by atoms with E-state index in [0.29, 0.717) is 16.3 Å². The van der Waals surface area contributed by atoms with Crippen molar-refractivity contribution in [2.75, 3.05) is 27.2 Å². The Morgan fingerprint density at radius 3 is 2.61 bits per heavy atom. The lowest BCUT2D eigenvalue weighted by Gasteiger charge is -2.35. The molecule has 0 radical (unpaired) electrons. The minimum Gasteiger partial charge on any atom is -0.337 e. The molecule has 0 atom stereocenters. The third-order valence-corrected chi connectivity index (χ3v) is 3.86. The van der Waals surface area contributed by atoms with E-state index in [4.69, 9.17) is 0 Å². The number of hydrogen-bond donors (Lipinski definition) is 0. The van der Waals surface area contributed by atoms with Gasteiger partial charge in [0.2, 0.25) is 0 Å². The van der Waals surface area contributed by atoms with Gasteiger partial charge in [-0.15, -0.1) is 0 Å². The highest BCUT2D eigenvalue weighted by molar-refractivity contribution is 9.10. The third kappa shape index (κ3) is 3.09. The van der Waals surface area contributed by atoms with Crippen LogP contribution in [-0.2, 0) is 0 Å². The number of rotatable bonds is 2. The Bertz CT molecular complexity index is 428. The van der Waals surface area contributed by atoms with Crippen LogP contribution in [0, 0.1) is 0 Å². The zero-order valence-electron chi connectivity index (χ0n) is 10.8. The van der Waals surface area contributed by atoms with Crippen molar-refractivity contribution in [3.63, 3.8) is 0 Å². The summed E-state index contributed by atoms with van der Waals surface area (Å²) in [7, 11) is 4.19. The lowest BCUT2D eigenvalue weighted by Crippen LogP contribution is -2.44. The van der Waals surface area contributed by atoms with Gasteiger partial charge in [0.05, 0.1) is 0 Å². The molecule has 1 aliphatic heterocycles. The molecule has 0 aliphatic carbocycles. The minimum atomic E-state index is 0.0357. The largest absolute Gasteiger partial charge is 0.337 e. The van der Waals surface area contributed by atoms with Crippen molar-refractivity contribution in [2.24, 2.45) is 0 Å². The van der Waals surface area contributed by atoms with E-state index in [-0.39, 0.29) is 5.91 Å². The van der Waals surface area contributed by atoms with Gasteiger partial charge >= 0.3 is 0 Å². The topological polar surface area (TPSA) is 36.4 Å². The van der Waals surface area contributed by atoms with Gasteiger partial charge in [-0.05, 0) is 55.0 Å². The van der Waals surface area contributed by atoms with Gasteiger partial charge in [0, 0.05) is 19.1 Å². The number of halogens is 1. The summed E-state index contributed by atoms with van der Waals surface area (Å²) in [4.78, 5) is 20.6. The summed E-state index contributed by atoms with van der Waals surface area (Å²) in [5, 5.41) is 0. The van der Waals surface area contributed by atoms with E-state index in [2.05, 4.69) is 39.9 Å². The van der Waals surface area contributed by atoms with Crippen molar-refractivity contribution in [1.29, 1.82) is 0 Å². The molecule has 0 bridgehead atoms. The molecular formula is C13H18BrN3O. The zero-order chi connectivity index (χ0) is 13.1. The predicted octanol–water partition coefficient (Wildman–Crippen LogP) is 2.01. The summed E-state index contributed by atoms with van der Waals surface area (Å²) in [5.41, 5.74) is 0.521. The van der Waals surface area contributed by atoms with E-state index in [1.54, 1.807) is 6.07 Å². The fourth-order valence-electron chi connectivity index (χ4n) is 2.27. The van der Waals surface area contributed by atoms with Gasteiger partial charge in [0.1, 0.15) is 10.3 Å². The first-order valence-electron chi connectivity index (χ1n) is 6.16. The lowest BCUT2D eigenvalue weighted by atomic mass is 10.0. The molecular weight excluding hydrogens is 294 g/mol. The highest BCUT2D eigenvalue weighted by Gasteiger charge is 2.25. The molecule has 0 aromatic carbocycles. The van der Waals surface area contributed by atoms with E-state index in [1.807, 2.05) is 17.0 Å². The molecule has 0 unspecified atom stereocenters. The summed E-state index contributed by atoms with van der Waals surface area (Å²) in [6.45, 7) is 1.63. The normalized spacial score (nSPS) is 17.2. The summed E-state index contributed by atoms with van der Waals surface area (Å²) >= 11 is 3.29. The zero-order valence-corrected chi connectivity index (χ0v) is 12.4. The van der Waals surface area contributed by atoms with Gasteiger partial charge in [-0.3, -0.25) is 4.79 Å². The molecule has 98 valence electrons. The van der Waals surface area contributed by atoms with Crippen LogP contribution in [0.1, 0.15) is 23.3 Å². The summed E-state index contributed by atoms with van der Waals surface area (Å²) in [6.07, 6.45) is 2.07. The molecule has 1 aromatic heterocycles. The van der Waals surface area contributed by atoms with Crippen LogP contribution in [0.4, 0.5) is 0 Å². The van der Waals surface area contributed by atoms with Crippen molar-refractivity contribution in [1.82, 2.24) is 14.8 Å². The minimum absolute atomic E-state index is 0.0357. The SMILES string of the molecule is CN(C)C1CCN(C(=O)c2cccc(Br)n2)CC1. The summed E-state index contributed by atoms with van der Waals surface area (Å²) < 4.78 is 0.705. The van der Waals surface area contributed by atoms with E-state index in [1.165, 1.54) is 0 Å². The number of aromatic nitrogens is 1. The number of pyridine rings is 1. The lowest BCUT2D eigenvalue weighted by molar-refractivity contribution is 0.0657. The van der Waals surface area contributed by atoms with E-state index < -0.39 is 0 Å². The fraction of sp³-hybridized carbons (Fsp3) is 0.538. The molecule has 0 saturated carbocycles. The molecule has 2 rings (SSSR count). The molecule has 1 fully saturated rings. The number of likely N-dealkylation sites (tertiary alicyclic amines) is 1. The van der Waals surface area contributed by atoms with Gasteiger partial charge in [-0.2, -0.15) is 0 Å². The molecule has 1 amide bonds. The molecule has 1 aromatic rings. The number of nitrogens with zero attached hydrogens (tertiary/aromatic N) is 3. The van der Waals surface area contributed by atoms with E-state index >= 15 is 0 Å². The van der Waals surface area contributed by atoms with Gasteiger partial charge in [0.25, 0.3) is 5.91 Å². The van der Waals surface area contributed by atoms with Crippen LogP contribution in [0.2, 0.25) is 0 Å². The second-order valence-corrected chi connectivity index (χ2v) is 5.65.